The molecule has 204 valence electrons. The Labute approximate surface area is 218 Å². The molecule has 2 aliphatic rings. The van der Waals surface area contributed by atoms with E-state index in [4.69, 9.17) is 9.47 Å². The Morgan fingerprint density at radius 3 is 2.74 bits per heavy atom. The molecule has 3 heterocycles. The van der Waals surface area contributed by atoms with Crippen molar-refractivity contribution in [3.05, 3.63) is 62.5 Å². The third kappa shape index (κ3) is 5.87. The number of nitrogens with one attached hydrogen (secondary N) is 1. The number of aryl methyl sites for hydroxylation is 1. The van der Waals surface area contributed by atoms with E-state index < -0.39 is 40.9 Å². The molecule has 0 amide bonds. The van der Waals surface area contributed by atoms with Gasteiger partial charge in [0.15, 0.2) is 10.8 Å². The molecule has 38 heavy (non-hydrogen) atoms. The maximum atomic E-state index is 13.9. The van der Waals surface area contributed by atoms with Crippen molar-refractivity contribution in [1.82, 2.24) is 15.2 Å². The van der Waals surface area contributed by atoms with E-state index in [1.807, 2.05) is 0 Å². The molecule has 0 aliphatic carbocycles. The molecule has 1 aromatic heterocycles. The lowest BCUT2D eigenvalue weighted by molar-refractivity contribution is -0.149. The van der Waals surface area contributed by atoms with Crippen LogP contribution in [0.1, 0.15) is 34.0 Å². The minimum absolute atomic E-state index is 0.0258. The Kier molecular flexibility index (Phi) is 8.13. The zero-order valence-electron chi connectivity index (χ0n) is 20.3. The lowest BCUT2D eigenvalue weighted by atomic mass is 9.92. The first-order chi connectivity index (χ1) is 18.0. The molecule has 0 bridgehead atoms. The van der Waals surface area contributed by atoms with Gasteiger partial charge in [-0.2, -0.15) is 13.2 Å². The van der Waals surface area contributed by atoms with E-state index in [-0.39, 0.29) is 55.0 Å². The molecule has 4 rings (SSSR count). The van der Waals surface area contributed by atoms with E-state index in [0.29, 0.717) is 28.7 Å². The molecule has 1 saturated heterocycles. The van der Waals surface area contributed by atoms with Crippen LogP contribution < -0.4 is 5.32 Å². The molecule has 14 heteroatoms. The minimum Gasteiger partial charge on any atom is -0.480 e. The number of carbonyl (C=O) groups is 2. The van der Waals surface area contributed by atoms with Crippen LogP contribution in [0.4, 0.5) is 17.6 Å². The summed E-state index contributed by atoms with van der Waals surface area (Å²) in [4.78, 5) is 34.1. The van der Waals surface area contributed by atoms with Crippen molar-refractivity contribution < 1.29 is 41.7 Å². The Bertz CT molecular complexity index is 1290. The Balaban J connectivity index is 1.85. The van der Waals surface area contributed by atoms with Gasteiger partial charge in [0.25, 0.3) is 0 Å². The molecule has 2 N–H and O–H groups in total. The summed E-state index contributed by atoms with van der Waals surface area (Å²) in [5, 5.41) is 12.5. The van der Waals surface area contributed by atoms with Crippen molar-refractivity contribution in [3.8, 4) is 0 Å². The van der Waals surface area contributed by atoms with Gasteiger partial charge in [-0.1, -0.05) is 6.07 Å². The van der Waals surface area contributed by atoms with Gasteiger partial charge in [0.1, 0.15) is 22.8 Å². The van der Waals surface area contributed by atoms with Gasteiger partial charge in [0.2, 0.25) is 0 Å². The number of halogens is 4. The fraction of sp³-hybridized carbons (Fsp3) is 0.417. The number of alkyl halides is 3. The average Bonchev–Trinajstić information content (AvgIpc) is 3.35. The normalized spacial score (nSPS) is 20.6. The number of nitrogens with zero attached hydrogens (tertiary/aromatic N) is 3. The summed E-state index contributed by atoms with van der Waals surface area (Å²) < 4.78 is 64.3. The average molecular weight is 557 g/mol. The summed E-state index contributed by atoms with van der Waals surface area (Å²) >= 11 is 0.368. The van der Waals surface area contributed by atoms with Crippen LogP contribution in [0.2, 0.25) is 0 Å². The van der Waals surface area contributed by atoms with Crippen molar-refractivity contribution in [2.45, 2.75) is 32.1 Å². The van der Waals surface area contributed by atoms with Crippen molar-refractivity contribution in [3.63, 3.8) is 0 Å². The van der Waals surface area contributed by atoms with Crippen LogP contribution in [0.15, 0.2) is 40.7 Å². The van der Waals surface area contributed by atoms with Crippen molar-refractivity contribution in [1.29, 1.82) is 0 Å². The van der Waals surface area contributed by atoms with Crippen LogP contribution in [0.25, 0.3) is 0 Å². The zero-order valence-corrected chi connectivity index (χ0v) is 21.2. The minimum atomic E-state index is -4.62. The summed E-state index contributed by atoms with van der Waals surface area (Å²) in [5.74, 6) is -2.43. The van der Waals surface area contributed by atoms with Gasteiger partial charge in [0.05, 0.1) is 31.6 Å². The Hall–Kier alpha value is -3.36. The fourth-order valence-corrected chi connectivity index (χ4v) is 4.96. The van der Waals surface area contributed by atoms with E-state index >= 15 is 0 Å². The summed E-state index contributed by atoms with van der Waals surface area (Å²) in [6.45, 7) is 3.54. The molecule has 2 unspecified atom stereocenters. The number of amidine groups is 1. The molecule has 0 radical (unpaired) electrons. The highest BCUT2D eigenvalue weighted by Crippen LogP contribution is 2.37. The number of aromatic nitrogens is 1. The van der Waals surface area contributed by atoms with E-state index in [0.717, 1.165) is 0 Å². The largest absolute Gasteiger partial charge is 0.480 e. The Morgan fingerprint density at radius 1 is 1.34 bits per heavy atom. The second-order valence-electron chi connectivity index (χ2n) is 8.55. The molecule has 1 fully saturated rings. The third-order valence-corrected chi connectivity index (χ3v) is 7.07. The fourth-order valence-electron chi connectivity index (χ4n) is 4.22. The molecule has 2 atom stereocenters. The molecule has 0 saturated carbocycles. The van der Waals surface area contributed by atoms with E-state index in [9.17, 15) is 32.3 Å². The lowest BCUT2D eigenvalue weighted by Gasteiger charge is -2.35. The molecule has 2 aromatic rings. The molecule has 9 nitrogen and oxygen atoms in total. The van der Waals surface area contributed by atoms with E-state index in [2.05, 4.69) is 15.3 Å². The summed E-state index contributed by atoms with van der Waals surface area (Å²) in [5.41, 5.74) is 1.11. The number of ether oxygens (including phenoxy) is 2. The van der Waals surface area contributed by atoms with Gasteiger partial charge in [-0.25, -0.2) is 14.2 Å². The maximum Gasteiger partial charge on any atom is 0.427 e. The van der Waals surface area contributed by atoms with E-state index in [1.54, 1.807) is 18.7 Å². The highest BCUT2D eigenvalue weighted by atomic mass is 32.1. The van der Waals surface area contributed by atoms with Crippen LogP contribution in [-0.2, 0) is 25.2 Å². The number of esters is 1. The number of carboxylic acids is 1. The number of morpholine rings is 1. The smallest absolute Gasteiger partial charge is 0.427 e. The van der Waals surface area contributed by atoms with Gasteiger partial charge in [0, 0.05) is 18.8 Å². The second-order valence-corrected chi connectivity index (χ2v) is 9.58. The predicted molar refractivity (Wildman–Crippen MR) is 128 cm³/mol. The number of thiazole rings is 1. The number of carboxylic acid groups (broad SMARTS) is 1. The SMILES string of the molecule is CCOC(=O)C1=C(CN2CCOCC2C(=O)O)NC(c2ncc(C(F)(F)F)s2)=NC1c1ccc(F)cc1C. The maximum absolute atomic E-state index is 13.9. The third-order valence-electron chi connectivity index (χ3n) is 6.02. The van der Waals surface area contributed by atoms with Crippen molar-refractivity contribution in [2.75, 3.05) is 32.9 Å². The quantitative estimate of drug-likeness (QED) is 0.395. The van der Waals surface area contributed by atoms with Crippen LogP contribution in [0.5, 0.6) is 0 Å². The van der Waals surface area contributed by atoms with Gasteiger partial charge in [-0.05, 0) is 37.1 Å². The standard InChI is InChI=1S/C24H24F4N4O5S/c1-3-37-23(35)18-15(10-32-6-7-36-11-16(32)22(33)34)30-20(21-29-9-17(38-21)24(26,27)28)31-19(18)14-5-4-13(25)8-12(14)2/h4-5,8-9,16,19H,3,6-7,10-11H2,1-2H3,(H,30,31)(H,33,34). The number of rotatable bonds is 7. The van der Waals surface area contributed by atoms with Crippen LogP contribution >= 0.6 is 11.3 Å². The molecule has 2 aliphatic heterocycles. The highest BCUT2D eigenvalue weighted by Gasteiger charge is 2.38. The first-order valence-corrected chi connectivity index (χ1v) is 12.4. The molecular formula is C24H24F4N4O5S. The van der Waals surface area contributed by atoms with Crippen LogP contribution in [0.3, 0.4) is 0 Å². The number of carbonyl (C=O) groups excluding carboxylic acids is 1. The van der Waals surface area contributed by atoms with E-state index in [1.165, 1.54) is 18.2 Å². The lowest BCUT2D eigenvalue weighted by Crippen LogP contribution is -2.52. The van der Waals surface area contributed by atoms with Gasteiger partial charge < -0.3 is 19.9 Å². The topological polar surface area (TPSA) is 113 Å². The van der Waals surface area contributed by atoms with Gasteiger partial charge in [-0.3, -0.25) is 14.7 Å². The first kappa shape index (κ1) is 27.7. The number of hydrogen-bond acceptors (Lipinski definition) is 9. The Morgan fingerprint density at radius 2 is 2.11 bits per heavy atom. The monoisotopic (exact) mass is 556 g/mol. The summed E-state index contributed by atoms with van der Waals surface area (Å²) in [6.07, 6.45) is -3.93. The second kappa shape index (κ2) is 11.2. The van der Waals surface area contributed by atoms with Crippen LogP contribution in [0, 0.1) is 12.7 Å². The molecular weight excluding hydrogens is 532 g/mol. The molecule has 1 aromatic carbocycles. The number of aliphatic carboxylic acids is 1. The van der Waals surface area contributed by atoms with Crippen molar-refractivity contribution >= 4 is 29.1 Å². The zero-order chi connectivity index (χ0) is 27.6. The van der Waals surface area contributed by atoms with Gasteiger partial charge >= 0.3 is 18.1 Å². The number of benzene rings is 1. The van der Waals surface area contributed by atoms with Gasteiger partial charge in [-0.15, -0.1) is 11.3 Å². The summed E-state index contributed by atoms with van der Waals surface area (Å²) in [6, 6.07) is 1.78. The summed E-state index contributed by atoms with van der Waals surface area (Å²) in [7, 11) is 0. The predicted octanol–water partition coefficient (Wildman–Crippen LogP) is 3.30. The molecule has 0 spiro atoms. The first-order valence-electron chi connectivity index (χ1n) is 11.6. The number of aliphatic imine (C=N–C) groups is 1. The van der Waals surface area contributed by atoms with Crippen LogP contribution in [-0.4, -0.2) is 71.7 Å². The number of hydrogen-bond donors (Lipinski definition) is 2. The highest BCUT2D eigenvalue weighted by molar-refractivity contribution is 7.13. The van der Waals surface area contributed by atoms with Crippen molar-refractivity contribution in [2.24, 2.45) is 4.99 Å².